The zero-order valence-electron chi connectivity index (χ0n) is 12.7. The van der Waals surface area contributed by atoms with Gasteiger partial charge in [-0.2, -0.15) is 0 Å². The summed E-state index contributed by atoms with van der Waals surface area (Å²) < 4.78 is 0. The van der Waals surface area contributed by atoms with Crippen LogP contribution in [0.1, 0.15) is 62.1 Å². The second-order valence-corrected chi connectivity index (χ2v) is 6.61. The number of likely N-dealkylation sites (tertiary alicyclic amines) is 1. The van der Waals surface area contributed by atoms with Crippen molar-refractivity contribution in [2.75, 3.05) is 19.6 Å². The van der Waals surface area contributed by atoms with Gasteiger partial charge < -0.3 is 5.73 Å². The first-order valence-electron chi connectivity index (χ1n) is 8.35. The Kier molecular flexibility index (Phi) is 4.42. The Labute approximate surface area is 123 Å². The monoisotopic (exact) mass is 272 g/mol. The Morgan fingerprint density at radius 3 is 2.85 bits per heavy atom. The summed E-state index contributed by atoms with van der Waals surface area (Å²) in [6, 6.07) is 9.64. The van der Waals surface area contributed by atoms with Crippen LogP contribution in [0.2, 0.25) is 0 Å². The highest BCUT2D eigenvalue weighted by Crippen LogP contribution is 2.41. The smallest absolute Gasteiger partial charge is 0.0470 e. The molecule has 2 nitrogen and oxygen atoms in total. The summed E-state index contributed by atoms with van der Waals surface area (Å²) in [5, 5.41) is 0. The first-order chi connectivity index (χ1) is 9.81. The molecule has 1 saturated heterocycles. The van der Waals surface area contributed by atoms with Crippen molar-refractivity contribution in [1.29, 1.82) is 0 Å². The van der Waals surface area contributed by atoms with Crippen LogP contribution < -0.4 is 5.73 Å². The lowest BCUT2D eigenvalue weighted by Gasteiger charge is -2.38. The molecule has 1 heterocycles. The van der Waals surface area contributed by atoms with Crippen molar-refractivity contribution in [3.63, 3.8) is 0 Å². The third kappa shape index (κ3) is 3.07. The highest BCUT2D eigenvalue weighted by Gasteiger charge is 2.27. The van der Waals surface area contributed by atoms with E-state index in [9.17, 15) is 0 Å². The van der Waals surface area contributed by atoms with Gasteiger partial charge in [-0.15, -0.1) is 0 Å². The normalized spacial score (nSPS) is 25.6. The van der Waals surface area contributed by atoms with Crippen LogP contribution in [0.25, 0.3) is 0 Å². The quantitative estimate of drug-likeness (QED) is 0.886. The second-order valence-electron chi connectivity index (χ2n) is 6.61. The van der Waals surface area contributed by atoms with Crippen molar-refractivity contribution in [2.24, 2.45) is 11.7 Å². The van der Waals surface area contributed by atoms with Crippen LogP contribution in [-0.2, 0) is 0 Å². The van der Waals surface area contributed by atoms with Crippen molar-refractivity contribution in [3.8, 4) is 0 Å². The molecule has 2 N–H and O–H groups in total. The van der Waals surface area contributed by atoms with Crippen LogP contribution in [0, 0.1) is 5.92 Å². The Hall–Kier alpha value is -0.860. The lowest BCUT2D eigenvalue weighted by molar-refractivity contribution is 0.124. The molecule has 2 unspecified atom stereocenters. The van der Waals surface area contributed by atoms with E-state index in [0.717, 1.165) is 18.4 Å². The van der Waals surface area contributed by atoms with Gasteiger partial charge in [0.2, 0.25) is 0 Å². The van der Waals surface area contributed by atoms with E-state index in [0.29, 0.717) is 6.04 Å². The van der Waals surface area contributed by atoms with Gasteiger partial charge in [0.1, 0.15) is 0 Å². The van der Waals surface area contributed by atoms with Crippen LogP contribution in [-0.4, -0.2) is 24.5 Å². The molecule has 1 aliphatic carbocycles. The van der Waals surface area contributed by atoms with Crippen molar-refractivity contribution in [3.05, 3.63) is 35.4 Å². The molecular weight excluding hydrogens is 244 g/mol. The average molecular weight is 272 g/mol. The molecule has 20 heavy (non-hydrogen) atoms. The maximum Gasteiger partial charge on any atom is 0.0470 e. The summed E-state index contributed by atoms with van der Waals surface area (Å²) >= 11 is 0. The molecular formula is C18H28N2. The second kappa shape index (κ2) is 6.28. The summed E-state index contributed by atoms with van der Waals surface area (Å²) in [5.41, 5.74) is 9.09. The van der Waals surface area contributed by atoms with Crippen LogP contribution in [0.4, 0.5) is 0 Å². The standard InChI is InChI=1S/C18H28N2/c1-2-14-5-4-10-20(13-14)18(12-19)17-7-3-6-16(11-17)15-8-9-15/h3,6-7,11,14-15,18H,2,4-5,8-10,12-13,19H2,1H3. The maximum atomic E-state index is 6.12. The predicted molar refractivity (Wildman–Crippen MR) is 84.8 cm³/mol. The van der Waals surface area contributed by atoms with E-state index in [-0.39, 0.29) is 0 Å². The summed E-state index contributed by atoms with van der Waals surface area (Å²) in [6.07, 6.45) is 6.77. The van der Waals surface area contributed by atoms with Crippen molar-refractivity contribution in [1.82, 2.24) is 4.90 Å². The van der Waals surface area contributed by atoms with E-state index < -0.39 is 0 Å². The van der Waals surface area contributed by atoms with Gasteiger partial charge in [-0.3, -0.25) is 4.90 Å². The lowest BCUT2D eigenvalue weighted by atomic mass is 9.92. The SMILES string of the molecule is CCC1CCCN(C(CN)c2cccc(C3CC3)c2)C1. The number of hydrogen-bond acceptors (Lipinski definition) is 2. The molecule has 2 atom stereocenters. The molecule has 0 bridgehead atoms. The summed E-state index contributed by atoms with van der Waals surface area (Å²) in [7, 11) is 0. The van der Waals surface area contributed by atoms with E-state index in [1.807, 2.05) is 0 Å². The van der Waals surface area contributed by atoms with Crippen molar-refractivity contribution in [2.45, 2.75) is 51.0 Å². The van der Waals surface area contributed by atoms with Gasteiger partial charge in [0, 0.05) is 19.1 Å². The number of benzene rings is 1. The molecule has 2 aliphatic rings. The number of nitrogens with zero attached hydrogens (tertiary/aromatic N) is 1. The molecule has 0 radical (unpaired) electrons. The largest absolute Gasteiger partial charge is 0.329 e. The van der Waals surface area contributed by atoms with Gasteiger partial charge in [-0.05, 0) is 55.2 Å². The fourth-order valence-electron chi connectivity index (χ4n) is 3.65. The number of piperidine rings is 1. The minimum absolute atomic E-state index is 0.419. The number of rotatable bonds is 5. The van der Waals surface area contributed by atoms with E-state index in [1.54, 1.807) is 0 Å². The molecule has 0 spiro atoms. The summed E-state index contributed by atoms with van der Waals surface area (Å²) in [6.45, 7) is 5.50. The summed E-state index contributed by atoms with van der Waals surface area (Å²) in [5.74, 6) is 1.70. The highest BCUT2D eigenvalue weighted by molar-refractivity contribution is 5.31. The molecule has 3 rings (SSSR count). The van der Waals surface area contributed by atoms with E-state index in [1.165, 1.54) is 56.3 Å². The van der Waals surface area contributed by atoms with Crippen LogP contribution in [0.3, 0.4) is 0 Å². The maximum absolute atomic E-state index is 6.12. The molecule has 0 aromatic heterocycles. The minimum atomic E-state index is 0.419. The van der Waals surface area contributed by atoms with Gasteiger partial charge in [0.25, 0.3) is 0 Å². The fraction of sp³-hybridized carbons (Fsp3) is 0.667. The molecule has 110 valence electrons. The Bertz CT molecular complexity index is 439. The Morgan fingerprint density at radius 2 is 2.15 bits per heavy atom. The van der Waals surface area contributed by atoms with Crippen LogP contribution >= 0.6 is 0 Å². The van der Waals surface area contributed by atoms with Crippen LogP contribution in [0.5, 0.6) is 0 Å². The molecule has 2 fully saturated rings. The molecule has 2 heteroatoms. The van der Waals surface area contributed by atoms with E-state index in [2.05, 4.69) is 36.1 Å². The third-order valence-corrected chi connectivity index (χ3v) is 5.14. The average Bonchev–Trinajstić information content (AvgIpc) is 3.33. The number of nitrogens with two attached hydrogens (primary N) is 1. The molecule has 0 amide bonds. The molecule has 1 aliphatic heterocycles. The zero-order valence-corrected chi connectivity index (χ0v) is 12.7. The lowest BCUT2D eigenvalue weighted by Crippen LogP contribution is -2.41. The third-order valence-electron chi connectivity index (χ3n) is 5.14. The van der Waals surface area contributed by atoms with Gasteiger partial charge in [0.05, 0.1) is 0 Å². The Morgan fingerprint density at radius 1 is 1.30 bits per heavy atom. The minimum Gasteiger partial charge on any atom is -0.329 e. The van der Waals surface area contributed by atoms with Crippen LogP contribution in [0.15, 0.2) is 24.3 Å². The molecule has 1 aromatic rings. The Balaban J connectivity index is 1.76. The van der Waals surface area contributed by atoms with Gasteiger partial charge in [0.15, 0.2) is 0 Å². The molecule has 1 saturated carbocycles. The topological polar surface area (TPSA) is 29.3 Å². The van der Waals surface area contributed by atoms with Gasteiger partial charge >= 0.3 is 0 Å². The molecule has 1 aromatic carbocycles. The summed E-state index contributed by atoms with van der Waals surface area (Å²) in [4.78, 5) is 2.63. The first kappa shape index (κ1) is 14.1. The fourth-order valence-corrected chi connectivity index (χ4v) is 3.65. The van der Waals surface area contributed by atoms with Gasteiger partial charge in [-0.1, -0.05) is 37.6 Å². The highest BCUT2D eigenvalue weighted by atomic mass is 15.2. The van der Waals surface area contributed by atoms with Crippen molar-refractivity contribution < 1.29 is 0 Å². The predicted octanol–water partition coefficient (Wildman–Crippen LogP) is 3.69. The van der Waals surface area contributed by atoms with E-state index in [4.69, 9.17) is 5.73 Å². The van der Waals surface area contributed by atoms with E-state index >= 15 is 0 Å². The first-order valence-corrected chi connectivity index (χ1v) is 8.35. The zero-order chi connectivity index (χ0) is 13.9. The number of hydrogen-bond donors (Lipinski definition) is 1. The van der Waals surface area contributed by atoms with Gasteiger partial charge in [-0.25, -0.2) is 0 Å². The van der Waals surface area contributed by atoms with Crippen molar-refractivity contribution >= 4 is 0 Å².